The molecule has 0 N–H and O–H groups in total. The third-order valence-electron chi connectivity index (χ3n) is 6.74. The van der Waals surface area contributed by atoms with Crippen molar-refractivity contribution in [2.75, 3.05) is 62.3 Å². The molecule has 2 rings (SSSR count). The van der Waals surface area contributed by atoms with E-state index in [0.717, 1.165) is 0 Å². The smallest absolute Gasteiger partial charge is 0.248 e. The van der Waals surface area contributed by atoms with E-state index in [9.17, 15) is 18.0 Å². The quantitative estimate of drug-likeness (QED) is 0.274. The van der Waals surface area contributed by atoms with Gasteiger partial charge in [0.05, 0.1) is 13.1 Å². The highest BCUT2D eigenvalue weighted by atomic mass is 32.2. The van der Waals surface area contributed by atoms with Crippen LogP contribution in [-0.4, -0.2) is 112 Å². The second-order valence-electron chi connectivity index (χ2n) is 11.1. The Morgan fingerprint density at radius 3 is 1.31 bits per heavy atom. The maximum absolute atomic E-state index is 12.6. The average molecular weight is 579 g/mol. The summed E-state index contributed by atoms with van der Waals surface area (Å²) in [7, 11) is -2.15. The molecule has 2 fully saturated rings. The highest BCUT2D eigenvalue weighted by molar-refractivity contribution is 7.88. The van der Waals surface area contributed by atoms with Crippen molar-refractivity contribution >= 4 is 68.1 Å². The van der Waals surface area contributed by atoms with Gasteiger partial charge in [-0.3, -0.25) is 27.8 Å². The summed E-state index contributed by atoms with van der Waals surface area (Å²) in [6, 6.07) is 0. The van der Waals surface area contributed by atoms with E-state index < -0.39 is 21.6 Å². The predicted octanol–water partition coefficient (Wildman–Crippen LogP) is 2.21. The fourth-order valence-electron chi connectivity index (χ4n) is 4.18. The highest BCUT2D eigenvalue weighted by Gasteiger charge is 2.36. The summed E-state index contributed by atoms with van der Waals surface area (Å²) in [6.45, 7) is 15.3. The van der Waals surface area contributed by atoms with Gasteiger partial charge in [0.15, 0.2) is 10.2 Å². The maximum Gasteiger partial charge on any atom is 0.248 e. The molecule has 8 nitrogen and oxygen atoms in total. The fraction of sp³-hybridized carbons (Fsp3) is 0.833. The summed E-state index contributed by atoms with van der Waals surface area (Å²) < 4.78 is 25.2. The third-order valence-corrected chi connectivity index (χ3v) is 10.6. The van der Waals surface area contributed by atoms with Gasteiger partial charge in [-0.1, -0.05) is 27.7 Å². The number of carbonyl (C=O) groups is 2. The van der Waals surface area contributed by atoms with E-state index in [1.807, 2.05) is 23.6 Å². The minimum atomic E-state index is -1.07. The van der Waals surface area contributed by atoms with Gasteiger partial charge in [0.1, 0.15) is 0 Å². The number of nitrogens with zero attached hydrogens (tertiary/aromatic N) is 4. The van der Waals surface area contributed by atoms with Crippen LogP contribution < -0.4 is 0 Å². The van der Waals surface area contributed by atoms with Crippen LogP contribution in [0.2, 0.25) is 0 Å². The first-order chi connectivity index (χ1) is 16.7. The molecule has 0 aromatic rings. The van der Waals surface area contributed by atoms with Gasteiger partial charge < -0.3 is 9.80 Å². The SMILES string of the molecule is CCN1CC(=O)N(CC(C)(C)CCS(=O)CCS(=O)CCC(C)(C)CN2C(=O)CN(CC)C2=S)C1=S. The Kier molecular flexibility index (Phi) is 11.4. The van der Waals surface area contributed by atoms with Crippen LogP contribution in [0.1, 0.15) is 54.4 Å². The summed E-state index contributed by atoms with van der Waals surface area (Å²) in [6.07, 6.45) is 1.38. The lowest BCUT2D eigenvalue weighted by atomic mass is 9.89. The zero-order chi connectivity index (χ0) is 27.3. The molecule has 2 aliphatic rings. The van der Waals surface area contributed by atoms with Crippen LogP contribution in [0, 0.1) is 10.8 Å². The van der Waals surface area contributed by atoms with Gasteiger partial charge >= 0.3 is 0 Å². The molecule has 12 heteroatoms. The van der Waals surface area contributed by atoms with Crippen LogP contribution in [0.4, 0.5) is 0 Å². The number of amides is 2. The monoisotopic (exact) mass is 578 g/mol. The molecular weight excluding hydrogens is 537 g/mol. The van der Waals surface area contributed by atoms with Crippen molar-refractivity contribution in [3.05, 3.63) is 0 Å². The summed E-state index contributed by atoms with van der Waals surface area (Å²) in [5, 5.41) is 1.15. The Balaban J connectivity index is 1.72. The van der Waals surface area contributed by atoms with E-state index in [-0.39, 0.29) is 22.6 Å². The van der Waals surface area contributed by atoms with E-state index >= 15 is 0 Å². The van der Waals surface area contributed by atoms with Crippen molar-refractivity contribution in [3.8, 4) is 0 Å². The van der Waals surface area contributed by atoms with Gasteiger partial charge in [-0.25, -0.2) is 0 Å². The van der Waals surface area contributed by atoms with Crippen LogP contribution in [-0.2, 0) is 31.2 Å². The molecule has 2 atom stereocenters. The average Bonchev–Trinajstić information content (AvgIpc) is 3.23. The molecule has 36 heavy (non-hydrogen) atoms. The molecule has 2 unspecified atom stereocenters. The predicted molar refractivity (Wildman–Crippen MR) is 156 cm³/mol. The van der Waals surface area contributed by atoms with Crippen LogP contribution in [0.5, 0.6) is 0 Å². The Morgan fingerprint density at radius 1 is 0.694 bits per heavy atom. The fourth-order valence-corrected chi connectivity index (χ4v) is 8.35. The Labute approximate surface area is 232 Å². The van der Waals surface area contributed by atoms with Gasteiger partial charge in [-0.2, -0.15) is 0 Å². The van der Waals surface area contributed by atoms with Crippen molar-refractivity contribution < 1.29 is 18.0 Å². The number of rotatable bonds is 15. The largest absolute Gasteiger partial charge is 0.340 e. The number of thiocarbonyl (C=S) groups is 2. The third kappa shape index (κ3) is 8.80. The van der Waals surface area contributed by atoms with Crippen LogP contribution in [0.15, 0.2) is 0 Å². The summed E-state index contributed by atoms with van der Waals surface area (Å²) in [5.74, 6) is 1.84. The van der Waals surface area contributed by atoms with Crippen molar-refractivity contribution in [1.82, 2.24) is 19.6 Å². The van der Waals surface area contributed by atoms with Gasteiger partial charge in [-0.15, -0.1) is 0 Å². The van der Waals surface area contributed by atoms with E-state index in [2.05, 4.69) is 27.7 Å². The molecule has 0 aromatic carbocycles. The van der Waals surface area contributed by atoms with Crippen molar-refractivity contribution in [3.63, 3.8) is 0 Å². The summed E-state index contributed by atoms with van der Waals surface area (Å²) in [4.78, 5) is 31.7. The van der Waals surface area contributed by atoms with Gasteiger partial charge in [0, 0.05) is 70.8 Å². The summed E-state index contributed by atoms with van der Waals surface area (Å²) >= 11 is 10.9. The lowest BCUT2D eigenvalue weighted by Gasteiger charge is -2.30. The Morgan fingerprint density at radius 2 is 1.03 bits per heavy atom. The number of carbonyl (C=O) groups excluding carboxylic acids is 2. The molecule has 0 spiro atoms. The molecule has 0 aromatic heterocycles. The van der Waals surface area contributed by atoms with Crippen LogP contribution in [0.25, 0.3) is 0 Å². The zero-order valence-electron chi connectivity index (χ0n) is 22.5. The van der Waals surface area contributed by atoms with E-state index in [1.54, 1.807) is 9.80 Å². The lowest BCUT2D eigenvalue weighted by molar-refractivity contribution is -0.126. The van der Waals surface area contributed by atoms with Gasteiger partial charge in [0.2, 0.25) is 11.8 Å². The van der Waals surface area contributed by atoms with Crippen LogP contribution >= 0.6 is 24.4 Å². The normalized spacial score (nSPS) is 19.2. The van der Waals surface area contributed by atoms with E-state index in [1.165, 1.54) is 0 Å². The molecule has 0 bridgehead atoms. The molecular formula is C24H42N4O4S4. The molecule has 2 aliphatic heterocycles. The molecule has 206 valence electrons. The second-order valence-corrected chi connectivity index (χ2v) is 15.2. The van der Waals surface area contributed by atoms with Gasteiger partial charge in [-0.05, 0) is 62.0 Å². The minimum absolute atomic E-state index is 0.0213. The maximum atomic E-state index is 12.6. The Hall–Kier alpha value is -0.980. The first-order valence-electron chi connectivity index (χ1n) is 12.6. The number of likely N-dealkylation sites (N-methyl/N-ethyl adjacent to an activating group) is 2. The first-order valence-corrected chi connectivity index (χ1v) is 16.4. The van der Waals surface area contributed by atoms with Gasteiger partial charge in [0.25, 0.3) is 0 Å². The molecule has 0 radical (unpaired) electrons. The van der Waals surface area contributed by atoms with Crippen molar-refractivity contribution in [2.45, 2.75) is 54.4 Å². The number of hydrogen-bond donors (Lipinski definition) is 0. The van der Waals surface area contributed by atoms with Crippen molar-refractivity contribution in [2.24, 2.45) is 10.8 Å². The Bertz CT molecular complexity index is 837. The number of hydrogen-bond acceptors (Lipinski definition) is 6. The molecule has 0 saturated carbocycles. The standard InChI is InChI=1S/C24H42N4O4S4/c1-7-25-15-19(29)27(21(25)33)17-23(3,4)9-11-35(31)13-14-36(32)12-10-24(5,6)18-28-20(30)16-26(8-2)22(28)34/h7-18H2,1-6H3. The lowest BCUT2D eigenvalue weighted by Crippen LogP contribution is -2.40. The minimum Gasteiger partial charge on any atom is -0.340 e. The van der Waals surface area contributed by atoms with Crippen molar-refractivity contribution in [1.29, 1.82) is 0 Å². The van der Waals surface area contributed by atoms with Crippen LogP contribution in [0.3, 0.4) is 0 Å². The van der Waals surface area contributed by atoms with E-state index in [0.29, 0.717) is 85.3 Å². The molecule has 2 saturated heterocycles. The first kappa shape index (κ1) is 31.2. The molecule has 2 heterocycles. The van der Waals surface area contributed by atoms with E-state index in [4.69, 9.17) is 24.4 Å². The molecule has 0 aliphatic carbocycles. The molecule has 2 amide bonds. The topological polar surface area (TPSA) is 81.2 Å². The second kappa shape index (κ2) is 13.2. The zero-order valence-corrected chi connectivity index (χ0v) is 25.8. The highest BCUT2D eigenvalue weighted by Crippen LogP contribution is 2.26. The summed E-state index contributed by atoms with van der Waals surface area (Å²) in [5.41, 5.74) is -0.438.